The Bertz CT molecular complexity index is 811. The van der Waals surface area contributed by atoms with E-state index in [1.807, 2.05) is 6.07 Å². The summed E-state index contributed by atoms with van der Waals surface area (Å²) in [4.78, 5) is 36.5. The third-order valence-corrected chi connectivity index (χ3v) is 3.75. The largest absolute Gasteiger partial charge is 0.329 e. The maximum absolute atomic E-state index is 12.0. The van der Waals surface area contributed by atoms with E-state index in [2.05, 4.69) is 15.7 Å². The number of rotatable bonds is 3. The molecule has 1 aliphatic heterocycles. The number of aromatic nitrogens is 2. The molecule has 1 fully saturated rings. The van der Waals surface area contributed by atoms with Gasteiger partial charge in [0.1, 0.15) is 0 Å². The van der Waals surface area contributed by atoms with Crippen molar-refractivity contribution in [2.45, 2.75) is 19.8 Å². The summed E-state index contributed by atoms with van der Waals surface area (Å²) < 4.78 is 1.62. The highest BCUT2D eigenvalue weighted by Gasteiger charge is 2.28. The second-order valence-electron chi connectivity index (χ2n) is 5.31. The second kappa shape index (κ2) is 5.71. The van der Waals surface area contributed by atoms with E-state index < -0.39 is 6.03 Å². The Morgan fingerprint density at radius 2 is 2.17 bits per heavy atom. The molecule has 0 atom stereocenters. The Kier molecular flexibility index (Phi) is 3.73. The van der Waals surface area contributed by atoms with Crippen molar-refractivity contribution in [3.8, 4) is 0 Å². The highest BCUT2D eigenvalue weighted by Crippen LogP contribution is 2.31. The Morgan fingerprint density at radius 3 is 2.87 bits per heavy atom. The topological polar surface area (TPSA) is 96.3 Å². The van der Waals surface area contributed by atoms with Gasteiger partial charge in [0.05, 0.1) is 11.2 Å². The fourth-order valence-corrected chi connectivity index (χ4v) is 2.62. The summed E-state index contributed by atoms with van der Waals surface area (Å²) in [6.45, 7) is 2.06. The van der Waals surface area contributed by atoms with Crippen LogP contribution in [0.2, 0.25) is 0 Å². The van der Waals surface area contributed by atoms with Crippen molar-refractivity contribution in [3.05, 3.63) is 18.2 Å². The van der Waals surface area contributed by atoms with E-state index in [1.165, 1.54) is 4.90 Å². The minimum absolute atomic E-state index is 0.0958. The molecule has 8 nitrogen and oxygen atoms in total. The number of aryl methyl sites for hydroxylation is 1. The van der Waals surface area contributed by atoms with Gasteiger partial charge >= 0.3 is 6.03 Å². The first-order chi connectivity index (χ1) is 11.0. The van der Waals surface area contributed by atoms with Gasteiger partial charge in [-0.2, -0.15) is 5.10 Å². The number of carbonyl (C=O) groups is 3. The molecule has 1 aliphatic rings. The maximum atomic E-state index is 12.0. The Labute approximate surface area is 132 Å². The van der Waals surface area contributed by atoms with E-state index >= 15 is 0 Å². The fraction of sp³-hybridized carbons (Fsp3) is 0.333. The molecule has 2 heterocycles. The molecule has 120 valence electrons. The Morgan fingerprint density at radius 1 is 1.39 bits per heavy atom. The molecule has 2 N–H and O–H groups in total. The SMILES string of the molecule is CCC(=O)Nc1cccc2c(N3CCC(=O)NC3=O)nn(C)c12. The zero-order valence-corrected chi connectivity index (χ0v) is 12.9. The predicted octanol–water partition coefficient (Wildman–Crippen LogP) is 1.37. The van der Waals surface area contributed by atoms with Crippen LogP contribution in [0.25, 0.3) is 10.9 Å². The van der Waals surface area contributed by atoms with Gasteiger partial charge in [0.15, 0.2) is 5.82 Å². The third-order valence-electron chi connectivity index (χ3n) is 3.75. The molecule has 23 heavy (non-hydrogen) atoms. The summed E-state index contributed by atoms with van der Waals surface area (Å²) in [7, 11) is 1.75. The first-order valence-electron chi connectivity index (χ1n) is 7.38. The lowest BCUT2D eigenvalue weighted by molar-refractivity contribution is -0.120. The minimum atomic E-state index is -0.482. The minimum Gasteiger partial charge on any atom is -0.324 e. The first-order valence-corrected chi connectivity index (χ1v) is 7.38. The Hall–Kier alpha value is -2.90. The van der Waals surface area contributed by atoms with Crippen molar-refractivity contribution in [2.24, 2.45) is 7.05 Å². The molecule has 0 bridgehead atoms. The quantitative estimate of drug-likeness (QED) is 0.894. The normalized spacial score (nSPS) is 15.0. The van der Waals surface area contributed by atoms with Crippen molar-refractivity contribution >= 4 is 40.3 Å². The summed E-state index contributed by atoms with van der Waals surface area (Å²) in [5.41, 5.74) is 1.37. The van der Waals surface area contributed by atoms with Crippen LogP contribution < -0.4 is 15.5 Å². The highest BCUT2D eigenvalue weighted by molar-refractivity contribution is 6.11. The number of para-hydroxylation sites is 1. The molecule has 1 aromatic carbocycles. The van der Waals surface area contributed by atoms with E-state index in [-0.39, 0.29) is 24.8 Å². The molecule has 3 rings (SSSR count). The lowest BCUT2D eigenvalue weighted by Crippen LogP contribution is -2.49. The molecule has 0 unspecified atom stereocenters. The summed E-state index contributed by atoms with van der Waals surface area (Å²) >= 11 is 0. The average Bonchev–Trinajstić information content (AvgIpc) is 2.85. The van der Waals surface area contributed by atoms with E-state index in [1.54, 1.807) is 30.8 Å². The Balaban J connectivity index is 2.06. The number of fused-ring (bicyclic) bond motifs is 1. The number of carbonyl (C=O) groups excluding carboxylic acids is 3. The average molecular weight is 315 g/mol. The molecule has 0 aliphatic carbocycles. The van der Waals surface area contributed by atoms with Gasteiger partial charge in [0, 0.05) is 31.8 Å². The highest BCUT2D eigenvalue weighted by atomic mass is 16.2. The first kappa shape index (κ1) is 15.0. The number of hydrogen-bond donors (Lipinski definition) is 2. The summed E-state index contributed by atoms with van der Waals surface area (Å²) in [5, 5.41) is 10.3. The van der Waals surface area contributed by atoms with Crippen LogP contribution in [-0.4, -0.2) is 34.2 Å². The molecule has 0 spiro atoms. The molecule has 4 amide bonds. The summed E-state index contributed by atoms with van der Waals surface area (Å²) in [5.74, 6) is 0.0871. The standard InChI is InChI=1S/C15H17N5O3/c1-3-11(21)16-10-6-4-5-9-13(10)19(2)18-14(9)20-8-7-12(22)17-15(20)23/h4-6H,3,7-8H2,1-2H3,(H,16,21)(H,17,22,23). The molecule has 1 saturated heterocycles. The van der Waals surface area contributed by atoms with Crippen LogP contribution in [0.15, 0.2) is 18.2 Å². The van der Waals surface area contributed by atoms with Gasteiger partial charge in [-0.15, -0.1) is 0 Å². The summed E-state index contributed by atoms with van der Waals surface area (Å²) in [6.07, 6.45) is 0.605. The van der Waals surface area contributed by atoms with Gasteiger partial charge in [-0.3, -0.25) is 24.5 Å². The zero-order valence-electron chi connectivity index (χ0n) is 12.9. The molecular weight excluding hydrogens is 298 g/mol. The van der Waals surface area contributed by atoms with Crippen molar-refractivity contribution in [1.82, 2.24) is 15.1 Å². The van der Waals surface area contributed by atoms with Crippen molar-refractivity contribution in [3.63, 3.8) is 0 Å². The number of imide groups is 1. The zero-order chi connectivity index (χ0) is 16.6. The van der Waals surface area contributed by atoms with E-state index in [0.29, 0.717) is 17.9 Å². The van der Waals surface area contributed by atoms with Gasteiger partial charge in [-0.05, 0) is 12.1 Å². The van der Waals surface area contributed by atoms with Gasteiger partial charge in [-0.1, -0.05) is 13.0 Å². The number of anilines is 2. The van der Waals surface area contributed by atoms with Crippen LogP contribution in [0, 0.1) is 0 Å². The van der Waals surface area contributed by atoms with Crippen LogP contribution >= 0.6 is 0 Å². The summed E-state index contributed by atoms with van der Waals surface area (Å²) in [6, 6.07) is 4.94. The number of urea groups is 1. The number of amides is 4. The van der Waals surface area contributed by atoms with Gasteiger partial charge in [-0.25, -0.2) is 4.79 Å². The molecule has 0 radical (unpaired) electrons. The van der Waals surface area contributed by atoms with Crippen molar-refractivity contribution in [1.29, 1.82) is 0 Å². The van der Waals surface area contributed by atoms with Crippen LogP contribution in [0.1, 0.15) is 19.8 Å². The van der Waals surface area contributed by atoms with E-state index in [4.69, 9.17) is 0 Å². The molecule has 2 aromatic rings. The maximum Gasteiger partial charge on any atom is 0.329 e. The number of hydrogen-bond acceptors (Lipinski definition) is 4. The molecular formula is C15H17N5O3. The van der Waals surface area contributed by atoms with Crippen LogP contribution in [0.4, 0.5) is 16.3 Å². The van der Waals surface area contributed by atoms with Gasteiger partial charge in [0.2, 0.25) is 11.8 Å². The molecule has 0 saturated carbocycles. The van der Waals surface area contributed by atoms with Crippen molar-refractivity contribution < 1.29 is 14.4 Å². The predicted molar refractivity (Wildman–Crippen MR) is 85.1 cm³/mol. The lowest BCUT2D eigenvalue weighted by atomic mass is 10.2. The van der Waals surface area contributed by atoms with E-state index in [9.17, 15) is 14.4 Å². The number of nitrogens with one attached hydrogen (secondary N) is 2. The second-order valence-corrected chi connectivity index (χ2v) is 5.31. The van der Waals surface area contributed by atoms with Crippen LogP contribution in [0.5, 0.6) is 0 Å². The lowest BCUT2D eigenvalue weighted by Gasteiger charge is -2.24. The van der Waals surface area contributed by atoms with Gasteiger partial charge in [0.25, 0.3) is 0 Å². The third kappa shape index (κ3) is 2.63. The number of benzene rings is 1. The molecule has 1 aromatic heterocycles. The van der Waals surface area contributed by atoms with Crippen LogP contribution in [0.3, 0.4) is 0 Å². The van der Waals surface area contributed by atoms with Gasteiger partial charge < -0.3 is 5.32 Å². The fourth-order valence-electron chi connectivity index (χ4n) is 2.62. The smallest absolute Gasteiger partial charge is 0.324 e. The van der Waals surface area contributed by atoms with E-state index in [0.717, 1.165) is 10.9 Å². The molecule has 8 heteroatoms. The van der Waals surface area contributed by atoms with Crippen LogP contribution in [-0.2, 0) is 16.6 Å². The number of nitrogens with zero attached hydrogens (tertiary/aromatic N) is 3. The van der Waals surface area contributed by atoms with Crippen molar-refractivity contribution in [2.75, 3.05) is 16.8 Å². The monoisotopic (exact) mass is 315 g/mol.